The summed E-state index contributed by atoms with van der Waals surface area (Å²) < 4.78 is 0. The van der Waals surface area contributed by atoms with Crippen LogP contribution in [0.2, 0.25) is 0 Å². The Labute approximate surface area is 115 Å². The molecule has 1 aliphatic carbocycles. The molecule has 2 rings (SSSR count). The van der Waals surface area contributed by atoms with Crippen LogP contribution in [0.4, 0.5) is 0 Å². The van der Waals surface area contributed by atoms with Crippen molar-refractivity contribution in [1.29, 1.82) is 0 Å². The summed E-state index contributed by atoms with van der Waals surface area (Å²) in [5.74, 6) is 2.77. The van der Waals surface area contributed by atoms with Gasteiger partial charge in [-0.3, -0.25) is 0 Å². The van der Waals surface area contributed by atoms with Gasteiger partial charge in [-0.15, -0.1) is 0 Å². The van der Waals surface area contributed by atoms with Crippen LogP contribution in [0.15, 0.2) is 0 Å². The van der Waals surface area contributed by atoms with E-state index in [9.17, 15) is 5.11 Å². The average molecular weight is 272 g/mol. The Hall–Kier alpha value is 0.230. The number of thioether (sulfide) groups is 1. The molecule has 4 N–H and O–H groups in total. The van der Waals surface area contributed by atoms with Crippen LogP contribution in [0.1, 0.15) is 39.5 Å². The first kappa shape index (κ1) is 14.6. The van der Waals surface area contributed by atoms with Crippen molar-refractivity contribution in [2.75, 3.05) is 24.7 Å². The minimum Gasteiger partial charge on any atom is -0.396 e. The van der Waals surface area contributed by atoms with E-state index in [0.717, 1.165) is 18.6 Å². The van der Waals surface area contributed by atoms with Crippen LogP contribution in [0.3, 0.4) is 0 Å². The van der Waals surface area contributed by atoms with E-state index in [1.165, 1.54) is 18.6 Å². The fourth-order valence-corrected chi connectivity index (χ4v) is 5.11. The van der Waals surface area contributed by atoms with Gasteiger partial charge in [0, 0.05) is 30.5 Å². The Morgan fingerprint density at radius 3 is 2.72 bits per heavy atom. The van der Waals surface area contributed by atoms with E-state index in [-0.39, 0.29) is 5.54 Å². The third-order valence-electron chi connectivity index (χ3n) is 4.46. The van der Waals surface area contributed by atoms with Gasteiger partial charge in [0.1, 0.15) is 0 Å². The van der Waals surface area contributed by atoms with Gasteiger partial charge in [-0.05, 0) is 36.3 Å². The molecule has 0 aromatic heterocycles. The number of aliphatic hydroxyl groups excluding tert-OH is 1. The maximum absolute atomic E-state index is 9.45. The molecule has 2 fully saturated rings. The van der Waals surface area contributed by atoms with Crippen LogP contribution in [0, 0.1) is 11.3 Å². The first-order valence-electron chi connectivity index (χ1n) is 7.17. The number of hydrogen-bond acceptors (Lipinski definition) is 4. The van der Waals surface area contributed by atoms with Crippen LogP contribution in [-0.2, 0) is 0 Å². The Kier molecular flexibility index (Phi) is 4.63. The smallest absolute Gasteiger partial charge is 0.0474 e. The molecule has 0 aromatic rings. The minimum absolute atomic E-state index is 0.0782. The SMILES string of the molecule is CC1(C)CSCC(CN)(NC2CCCC2CO)C1. The van der Waals surface area contributed by atoms with Crippen molar-refractivity contribution in [3.63, 3.8) is 0 Å². The average Bonchev–Trinajstić information content (AvgIpc) is 2.74. The van der Waals surface area contributed by atoms with Crippen LogP contribution < -0.4 is 11.1 Å². The summed E-state index contributed by atoms with van der Waals surface area (Å²) in [4.78, 5) is 0. The van der Waals surface area contributed by atoms with E-state index in [4.69, 9.17) is 5.73 Å². The molecule has 0 amide bonds. The van der Waals surface area contributed by atoms with E-state index >= 15 is 0 Å². The summed E-state index contributed by atoms with van der Waals surface area (Å²) in [5.41, 5.74) is 6.53. The first-order chi connectivity index (χ1) is 8.50. The predicted molar refractivity (Wildman–Crippen MR) is 78.9 cm³/mol. The van der Waals surface area contributed by atoms with E-state index in [0.29, 0.717) is 30.5 Å². The van der Waals surface area contributed by atoms with Gasteiger partial charge in [-0.1, -0.05) is 20.3 Å². The van der Waals surface area contributed by atoms with E-state index < -0.39 is 0 Å². The third-order valence-corrected chi connectivity index (χ3v) is 6.21. The topological polar surface area (TPSA) is 58.3 Å². The second-order valence-corrected chi connectivity index (χ2v) is 7.93. The van der Waals surface area contributed by atoms with Gasteiger partial charge in [0.15, 0.2) is 0 Å². The number of rotatable bonds is 4. The lowest BCUT2D eigenvalue weighted by Gasteiger charge is -2.46. The van der Waals surface area contributed by atoms with Gasteiger partial charge in [0.2, 0.25) is 0 Å². The molecule has 2 aliphatic rings. The predicted octanol–water partition coefficient (Wildman–Crippen LogP) is 1.60. The maximum atomic E-state index is 9.45. The Balaban J connectivity index is 2.03. The van der Waals surface area contributed by atoms with E-state index in [2.05, 4.69) is 19.2 Å². The van der Waals surface area contributed by atoms with Gasteiger partial charge < -0.3 is 16.2 Å². The van der Waals surface area contributed by atoms with Crippen molar-refractivity contribution in [3.8, 4) is 0 Å². The third kappa shape index (κ3) is 3.21. The van der Waals surface area contributed by atoms with Gasteiger partial charge in [-0.2, -0.15) is 11.8 Å². The summed E-state index contributed by atoms with van der Waals surface area (Å²) in [6.45, 7) is 5.69. The molecule has 106 valence electrons. The fourth-order valence-electron chi connectivity index (χ4n) is 3.66. The number of nitrogens with one attached hydrogen (secondary N) is 1. The van der Waals surface area contributed by atoms with Crippen LogP contribution >= 0.6 is 11.8 Å². The molecule has 1 aliphatic heterocycles. The summed E-state index contributed by atoms with van der Waals surface area (Å²) in [6, 6.07) is 0.466. The van der Waals surface area contributed by atoms with E-state index in [1.807, 2.05) is 11.8 Å². The molecule has 0 aromatic carbocycles. The van der Waals surface area contributed by atoms with Crippen molar-refractivity contribution >= 4 is 11.8 Å². The van der Waals surface area contributed by atoms with Crippen LogP contribution in [-0.4, -0.2) is 41.3 Å². The van der Waals surface area contributed by atoms with Crippen molar-refractivity contribution in [1.82, 2.24) is 5.32 Å². The highest BCUT2D eigenvalue weighted by Gasteiger charge is 2.42. The van der Waals surface area contributed by atoms with E-state index in [1.54, 1.807) is 0 Å². The molecular formula is C14H28N2OS. The largest absolute Gasteiger partial charge is 0.396 e. The minimum atomic E-state index is 0.0782. The first-order valence-corrected chi connectivity index (χ1v) is 8.32. The normalized spacial score (nSPS) is 40.0. The highest BCUT2D eigenvalue weighted by atomic mass is 32.2. The summed E-state index contributed by atoms with van der Waals surface area (Å²) in [6.07, 6.45) is 4.74. The van der Waals surface area contributed by atoms with Crippen molar-refractivity contribution in [3.05, 3.63) is 0 Å². The zero-order chi connectivity index (χ0) is 13.2. The molecule has 1 saturated heterocycles. The lowest BCUT2D eigenvalue weighted by molar-refractivity contribution is 0.160. The molecule has 3 atom stereocenters. The highest BCUT2D eigenvalue weighted by molar-refractivity contribution is 7.99. The summed E-state index contributed by atoms with van der Waals surface area (Å²) >= 11 is 2.02. The molecule has 0 spiro atoms. The second kappa shape index (κ2) is 5.70. The van der Waals surface area contributed by atoms with Crippen LogP contribution in [0.5, 0.6) is 0 Å². The summed E-state index contributed by atoms with van der Waals surface area (Å²) in [7, 11) is 0. The van der Waals surface area contributed by atoms with Crippen molar-refractivity contribution in [2.24, 2.45) is 17.1 Å². The molecule has 18 heavy (non-hydrogen) atoms. The molecule has 0 radical (unpaired) electrons. The van der Waals surface area contributed by atoms with Gasteiger partial charge in [-0.25, -0.2) is 0 Å². The zero-order valence-corrected chi connectivity index (χ0v) is 12.6. The fraction of sp³-hybridized carbons (Fsp3) is 1.00. The van der Waals surface area contributed by atoms with Crippen molar-refractivity contribution in [2.45, 2.75) is 51.1 Å². The van der Waals surface area contributed by atoms with Gasteiger partial charge >= 0.3 is 0 Å². The quantitative estimate of drug-likeness (QED) is 0.727. The Bertz CT molecular complexity index is 285. The second-order valence-electron chi connectivity index (χ2n) is 6.94. The Morgan fingerprint density at radius 1 is 1.33 bits per heavy atom. The molecule has 3 nitrogen and oxygen atoms in total. The molecule has 1 saturated carbocycles. The molecular weight excluding hydrogens is 244 g/mol. The molecule has 3 unspecified atom stereocenters. The lowest BCUT2D eigenvalue weighted by Crippen LogP contribution is -2.61. The maximum Gasteiger partial charge on any atom is 0.0474 e. The van der Waals surface area contributed by atoms with Crippen molar-refractivity contribution < 1.29 is 5.11 Å². The molecule has 4 heteroatoms. The lowest BCUT2D eigenvalue weighted by atomic mass is 9.79. The molecule has 1 heterocycles. The van der Waals surface area contributed by atoms with Crippen LogP contribution in [0.25, 0.3) is 0 Å². The standard InChI is InChI=1S/C14H28N2OS/c1-13(2)7-14(8-15,10-18-9-13)16-12-5-3-4-11(12)6-17/h11-12,16-17H,3-10,15H2,1-2H3. The van der Waals surface area contributed by atoms with Gasteiger partial charge in [0.05, 0.1) is 0 Å². The van der Waals surface area contributed by atoms with Gasteiger partial charge in [0.25, 0.3) is 0 Å². The zero-order valence-electron chi connectivity index (χ0n) is 11.7. The number of nitrogens with two attached hydrogens (primary N) is 1. The Morgan fingerprint density at radius 2 is 2.11 bits per heavy atom. The highest BCUT2D eigenvalue weighted by Crippen LogP contribution is 2.40. The number of aliphatic hydroxyl groups is 1. The number of hydrogen-bond donors (Lipinski definition) is 3. The summed E-state index contributed by atoms with van der Waals surface area (Å²) in [5, 5.41) is 13.3. The monoisotopic (exact) mass is 272 g/mol. The molecule has 0 bridgehead atoms.